The van der Waals surface area contributed by atoms with Crippen LogP contribution in [-0.2, 0) is 13.6 Å². The van der Waals surface area contributed by atoms with Gasteiger partial charge in [0.1, 0.15) is 11.5 Å². The van der Waals surface area contributed by atoms with Crippen molar-refractivity contribution in [3.8, 4) is 11.3 Å². The van der Waals surface area contributed by atoms with E-state index in [1.165, 1.54) is 0 Å². The molecular formula is C25H25N9O. The van der Waals surface area contributed by atoms with E-state index < -0.39 is 0 Å². The first-order valence-corrected chi connectivity index (χ1v) is 12.0. The second kappa shape index (κ2) is 7.74. The van der Waals surface area contributed by atoms with Gasteiger partial charge in [-0.1, -0.05) is 0 Å². The number of carbonyl (C=O) groups is 1. The highest BCUT2D eigenvalue weighted by Crippen LogP contribution is 2.36. The molecule has 0 radical (unpaired) electrons. The lowest BCUT2D eigenvalue weighted by Gasteiger charge is -2.23. The Bertz CT molecular complexity index is 1480. The lowest BCUT2D eigenvalue weighted by molar-refractivity contribution is 0.0966. The molecule has 0 saturated carbocycles. The number of anilines is 3. The van der Waals surface area contributed by atoms with E-state index in [4.69, 9.17) is 9.97 Å². The van der Waals surface area contributed by atoms with Crippen LogP contribution in [0.3, 0.4) is 0 Å². The Morgan fingerprint density at radius 1 is 1.11 bits per heavy atom. The van der Waals surface area contributed by atoms with Gasteiger partial charge >= 0.3 is 0 Å². The molecule has 1 amide bonds. The van der Waals surface area contributed by atoms with Crippen molar-refractivity contribution in [3.05, 3.63) is 54.1 Å². The third-order valence-electron chi connectivity index (χ3n) is 7.46. The Labute approximate surface area is 201 Å². The Morgan fingerprint density at radius 2 is 2.03 bits per heavy atom. The zero-order chi connectivity index (χ0) is 23.5. The largest absolute Gasteiger partial charge is 0.348 e. The van der Waals surface area contributed by atoms with Crippen molar-refractivity contribution in [2.24, 2.45) is 13.0 Å². The van der Waals surface area contributed by atoms with Crippen LogP contribution in [0, 0.1) is 5.92 Å². The number of carbonyl (C=O) groups excluding carboxylic acids is 1. The second-order valence-corrected chi connectivity index (χ2v) is 9.41. The van der Waals surface area contributed by atoms with Crippen LogP contribution in [0.15, 0.2) is 43.0 Å². The molecule has 3 aliphatic rings. The van der Waals surface area contributed by atoms with E-state index >= 15 is 0 Å². The van der Waals surface area contributed by atoms with Crippen LogP contribution in [0.1, 0.15) is 22.3 Å². The van der Waals surface area contributed by atoms with Crippen molar-refractivity contribution in [3.63, 3.8) is 0 Å². The average Bonchev–Trinajstić information content (AvgIpc) is 3.65. The van der Waals surface area contributed by atoms with Crippen molar-refractivity contribution >= 4 is 34.4 Å². The highest BCUT2D eigenvalue weighted by atomic mass is 16.1. The van der Waals surface area contributed by atoms with Gasteiger partial charge in [0.2, 0.25) is 5.95 Å². The van der Waals surface area contributed by atoms with Crippen molar-refractivity contribution in [1.82, 2.24) is 35.1 Å². The molecule has 7 heterocycles. The lowest BCUT2D eigenvalue weighted by atomic mass is 10.0. The summed E-state index contributed by atoms with van der Waals surface area (Å²) in [7, 11) is 1.97. The predicted molar refractivity (Wildman–Crippen MR) is 133 cm³/mol. The van der Waals surface area contributed by atoms with Gasteiger partial charge in [-0.2, -0.15) is 4.98 Å². The summed E-state index contributed by atoms with van der Waals surface area (Å²) in [5, 5.41) is 10.8. The maximum atomic E-state index is 12.9. The van der Waals surface area contributed by atoms with E-state index in [1.807, 2.05) is 36.0 Å². The van der Waals surface area contributed by atoms with Crippen LogP contribution in [0.4, 0.5) is 17.5 Å². The van der Waals surface area contributed by atoms with Crippen LogP contribution in [0.2, 0.25) is 0 Å². The number of nitrogens with one attached hydrogen (secondary N) is 3. The predicted octanol–water partition coefficient (Wildman–Crippen LogP) is 2.21. The first-order valence-electron chi connectivity index (χ1n) is 12.0. The third kappa shape index (κ3) is 3.17. The molecule has 10 nitrogen and oxygen atoms in total. The van der Waals surface area contributed by atoms with E-state index in [-0.39, 0.29) is 5.91 Å². The highest BCUT2D eigenvalue weighted by Gasteiger charge is 2.38. The number of pyridine rings is 2. The summed E-state index contributed by atoms with van der Waals surface area (Å²) in [6.07, 6.45) is 8.42. The summed E-state index contributed by atoms with van der Waals surface area (Å²) in [5.74, 6) is 1.91. The van der Waals surface area contributed by atoms with Crippen LogP contribution in [-0.4, -0.2) is 56.1 Å². The van der Waals surface area contributed by atoms with E-state index in [0.29, 0.717) is 35.6 Å². The molecule has 10 heteroatoms. The Kier molecular flexibility index (Phi) is 4.50. The third-order valence-corrected chi connectivity index (χ3v) is 7.46. The van der Waals surface area contributed by atoms with Crippen LogP contribution >= 0.6 is 0 Å². The fraction of sp³-hybridized carbons (Fsp3) is 0.320. The fourth-order valence-electron chi connectivity index (χ4n) is 5.73. The molecule has 3 aliphatic heterocycles. The van der Waals surface area contributed by atoms with Gasteiger partial charge in [0.25, 0.3) is 5.91 Å². The summed E-state index contributed by atoms with van der Waals surface area (Å²) < 4.78 is 1.98. The number of amides is 1. The number of rotatable bonds is 4. The normalized spacial score (nSPS) is 20.8. The van der Waals surface area contributed by atoms with Gasteiger partial charge in [-0.05, 0) is 30.5 Å². The molecule has 2 atom stereocenters. The molecule has 35 heavy (non-hydrogen) atoms. The molecule has 0 spiro atoms. The van der Waals surface area contributed by atoms with Gasteiger partial charge in [-0.25, -0.2) is 9.97 Å². The fourth-order valence-corrected chi connectivity index (χ4v) is 5.73. The van der Waals surface area contributed by atoms with Gasteiger partial charge in [0, 0.05) is 74.4 Å². The minimum Gasteiger partial charge on any atom is -0.348 e. The van der Waals surface area contributed by atoms with Crippen LogP contribution in [0.25, 0.3) is 22.3 Å². The van der Waals surface area contributed by atoms with E-state index in [0.717, 1.165) is 59.9 Å². The van der Waals surface area contributed by atoms with Crippen LogP contribution < -0.4 is 20.9 Å². The van der Waals surface area contributed by atoms with E-state index in [9.17, 15) is 4.79 Å². The summed E-state index contributed by atoms with van der Waals surface area (Å²) in [4.78, 5) is 33.8. The summed E-state index contributed by atoms with van der Waals surface area (Å²) >= 11 is 0. The molecule has 2 fully saturated rings. The first-order chi connectivity index (χ1) is 17.2. The monoisotopic (exact) mass is 467 g/mol. The van der Waals surface area contributed by atoms with Gasteiger partial charge < -0.3 is 25.4 Å². The van der Waals surface area contributed by atoms with Crippen LogP contribution in [0.5, 0.6) is 0 Å². The minimum atomic E-state index is -0.113. The molecule has 4 aromatic heterocycles. The molecule has 0 bridgehead atoms. The standard InChI is InChI=1S/C25H25N9O/c1-33-8-5-16-15(2-6-27-23(16)33)22-17-11-30-24(35)21(17)18(12-29-22)31-20-3-7-28-25(32-20)34-9-4-14-10-26-13-19(14)34/h2-3,5-8,12,14,19,26H,4,9-11,13H2,1H3,(H,30,35)(H,28,31,32)/t14-,19+/m1/s1. The molecule has 176 valence electrons. The van der Waals surface area contributed by atoms with Gasteiger partial charge in [-0.3, -0.25) is 9.78 Å². The Balaban J connectivity index is 1.25. The zero-order valence-electron chi connectivity index (χ0n) is 19.3. The zero-order valence-corrected chi connectivity index (χ0v) is 19.3. The SMILES string of the molecule is Cn1ccc2c(-c3ncc(Nc4ccnc(N5CC[C@@H]6CNC[C@@H]65)n4)c4c3CNC4=O)ccnc21. The molecule has 2 saturated heterocycles. The molecular weight excluding hydrogens is 442 g/mol. The first kappa shape index (κ1) is 20.3. The summed E-state index contributed by atoms with van der Waals surface area (Å²) in [5.41, 5.74) is 4.77. The van der Waals surface area contributed by atoms with Gasteiger partial charge in [0.15, 0.2) is 0 Å². The Hall–Kier alpha value is -4.05. The molecule has 0 aliphatic carbocycles. The number of nitrogens with zero attached hydrogens (tertiary/aromatic N) is 6. The molecule has 3 N–H and O–H groups in total. The maximum Gasteiger partial charge on any atom is 0.254 e. The topological polar surface area (TPSA) is 113 Å². The van der Waals surface area contributed by atoms with E-state index in [1.54, 1.807) is 18.6 Å². The minimum absolute atomic E-state index is 0.113. The quantitative estimate of drug-likeness (QED) is 0.419. The molecule has 0 unspecified atom stereocenters. The lowest BCUT2D eigenvalue weighted by Crippen LogP contribution is -2.35. The Morgan fingerprint density at radius 3 is 2.97 bits per heavy atom. The number of hydrogen-bond acceptors (Lipinski definition) is 8. The van der Waals surface area contributed by atoms with Crippen molar-refractivity contribution in [1.29, 1.82) is 0 Å². The van der Waals surface area contributed by atoms with Crippen molar-refractivity contribution < 1.29 is 4.79 Å². The number of aryl methyl sites for hydroxylation is 1. The molecule has 0 aromatic carbocycles. The van der Waals surface area contributed by atoms with E-state index in [2.05, 4.69) is 30.8 Å². The number of fused-ring (bicyclic) bond motifs is 3. The van der Waals surface area contributed by atoms with Crippen molar-refractivity contribution in [2.75, 3.05) is 29.9 Å². The maximum absolute atomic E-state index is 12.9. The smallest absolute Gasteiger partial charge is 0.254 e. The average molecular weight is 468 g/mol. The second-order valence-electron chi connectivity index (χ2n) is 9.41. The van der Waals surface area contributed by atoms with Crippen molar-refractivity contribution in [2.45, 2.75) is 19.0 Å². The molecule has 4 aromatic rings. The molecule has 7 rings (SSSR count). The summed E-state index contributed by atoms with van der Waals surface area (Å²) in [6, 6.07) is 6.26. The number of hydrogen-bond donors (Lipinski definition) is 3. The highest BCUT2D eigenvalue weighted by molar-refractivity contribution is 6.06. The number of aromatic nitrogens is 5. The summed E-state index contributed by atoms with van der Waals surface area (Å²) in [6.45, 7) is 3.43. The van der Waals surface area contributed by atoms with Gasteiger partial charge in [-0.15, -0.1) is 0 Å². The van der Waals surface area contributed by atoms with Gasteiger partial charge in [0.05, 0.1) is 23.1 Å².